The van der Waals surface area contributed by atoms with Crippen LogP contribution in [0.15, 0.2) is 12.1 Å². The van der Waals surface area contributed by atoms with Gasteiger partial charge in [-0.2, -0.15) is 18.4 Å². The van der Waals surface area contributed by atoms with Crippen molar-refractivity contribution >= 4 is 11.7 Å². The first-order valence-corrected chi connectivity index (χ1v) is 6.22. The number of nitrogens with two attached hydrogens (primary N) is 1. The van der Waals surface area contributed by atoms with Gasteiger partial charge in [-0.3, -0.25) is 4.79 Å². The first-order chi connectivity index (χ1) is 9.74. The van der Waals surface area contributed by atoms with Gasteiger partial charge in [0.25, 0.3) is 0 Å². The van der Waals surface area contributed by atoms with Crippen LogP contribution in [0.4, 0.5) is 19.0 Å². The van der Waals surface area contributed by atoms with E-state index in [1.807, 2.05) is 6.07 Å². The summed E-state index contributed by atoms with van der Waals surface area (Å²) >= 11 is 0. The Morgan fingerprint density at radius 3 is 2.62 bits per heavy atom. The molecule has 1 aromatic rings. The average Bonchev–Trinajstić information content (AvgIpc) is 2.84. The van der Waals surface area contributed by atoms with E-state index in [1.165, 1.54) is 11.0 Å². The molecule has 8 heteroatoms. The van der Waals surface area contributed by atoms with Gasteiger partial charge in [-0.05, 0) is 18.6 Å². The Balaban J connectivity index is 2.31. The topological polar surface area (TPSA) is 83.0 Å². The molecule has 2 heterocycles. The Morgan fingerprint density at radius 2 is 2.14 bits per heavy atom. The third-order valence-corrected chi connectivity index (χ3v) is 3.62. The molecular weight excluding hydrogens is 285 g/mol. The number of nitrogens with zero attached hydrogens (tertiary/aromatic N) is 3. The average molecular weight is 298 g/mol. The van der Waals surface area contributed by atoms with Crippen molar-refractivity contribution < 1.29 is 18.0 Å². The number of pyridine rings is 1. The Labute approximate surface area is 119 Å². The summed E-state index contributed by atoms with van der Waals surface area (Å²) in [4.78, 5) is 16.6. The van der Waals surface area contributed by atoms with E-state index in [4.69, 9.17) is 11.0 Å². The second kappa shape index (κ2) is 5.24. The van der Waals surface area contributed by atoms with Crippen LogP contribution in [-0.4, -0.2) is 30.2 Å². The summed E-state index contributed by atoms with van der Waals surface area (Å²) in [5, 5.41) is 8.92. The minimum Gasteiger partial charge on any atom is -0.369 e. The van der Waals surface area contributed by atoms with Crippen LogP contribution in [0.2, 0.25) is 0 Å². The van der Waals surface area contributed by atoms with Gasteiger partial charge in [0, 0.05) is 13.1 Å². The molecule has 21 heavy (non-hydrogen) atoms. The molecule has 0 radical (unpaired) electrons. The van der Waals surface area contributed by atoms with Crippen molar-refractivity contribution in [2.75, 3.05) is 18.0 Å². The summed E-state index contributed by atoms with van der Waals surface area (Å²) in [6.07, 6.45) is -4.50. The van der Waals surface area contributed by atoms with Crippen LogP contribution in [-0.2, 0) is 4.79 Å². The number of primary amides is 1. The normalized spacial score (nSPS) is 22.1. The summed E-state index contributed by atoms with van der Waals surface area (Å²) < 4.78 is 38.9. The Hall–Kier alpha value is -2.30. The van der Waals surface area contributed by atoms with E-state index in [0.717, 1.165) is 0 Å². The molecule has 1 aromatic heterocycles. The highest BCUT2D eigenvalue weighted by Gasteiger charge is 2.52. The van der Waals surface area contributed by atoms with E-state index in [-0.39, 0.29) is 18.1 Å². The molecule has 0 aromatic carbocycles. The molecule has 1 saturated heterocycles. The van der Waals surface area contributed by atoms with Gasteiger partial charge >= 0.3 is 6.18 Å². The SMILES string of the molecule is Cc1ccc(N2C[C@@H](C(F)(F)F)[C@H](C(N)=O)C2)nc1C#N. The molecule has 2 atom stereocenters. The van der Waals surface area contributed by atoms with Gasteiger partial charge in [-0.1, -0.05) is 6.07 Å². The van der Waals surface area contributed by atoms with E-state index < -0.39 is 30.5 Å². The molecule has 0 bridgehead atoms. The lowest BCUT2D eigenvalue weighted by Crippen LogP contribution is -2.37. The fraction of sp³-hybridized carbons (Fsp3) is 0.462. The lowest BCUT2D eigenvalue weighted by Gasteiger charge is -2.19. The third-order valence-electron chi connectivity index (χ3n) is 3.62. The lowest BCUT2D eigenvalue weighted by atomic mass is 9.95. The number of hydrogen-bond acceptors (Lipinski definition) is 4. The molecule has 0 aliphatic carbocycles. The maximum Gasteiger partial charge on any atom is 0.394 e. The van der Waals surface area contributed by atoms with Gasteiger partial charge < -0.3 is 10.6 Å². The number of carbonyl (C=O) groups is 1. The minimum absolute atomic E-state index is 0.151. The number of aromatic nitrogens is 1. The number of carbonyl (C=O) groups excluding carboxylic acids is 1. The monoisotopic (exact) mass is 298 g/mol. The second-order valence-corrected chi connectivity index (χ2v) is 5.01. The van der Waals surface area contributed by atoms with Crippen LogP contribution in [0.3, 0.4) is 0 Å². The molecular formula is C13H13F3N4O. The number of anilines is 1. The van der Waals surface area contributed by atoms with Crippen molar-refractivity contribution in [3.05, 3.63) is 23.4 Å². The van der Waals surface area contributed by atoms with Crippen LogP contribution in [0.1, 0.15) is 11.3 Å². The Kier molecular flexibility index (Phi) is 3.77. The van der Waals surface area contributed by atoms with Gasteiger partial charge in [-0.15, -0.1) is 0 Å². The smallest absolute Gasteiger partial charge is 0.369 e. The third kappa shape index (κ3) is 2.91. The van der Waals surface area contributed by atoms with Crippen molar-refractivity contribution in [2.24, 2.45) is 17.6 Å². The van der Waals surface area contributed by atoms with Crippen LogP contribution in [0, 0.1) is 30.1 Å². The highest BCUT2D eigenvalue weighted by Crippen LogP contribution is 2.38. The van der Waals surface area contributed by atoms with Gasteiger partial charge in [0.2, 0.25) is 5.91 Å². The number of alkyl halides is 3. The molecule has 1 aliphatic heterocycles. The summed E-state index contributed by atoms with van der Waals surface area (Å²) in [7, 11) is 0. The number of hydrogen-bond donors (Lipinski definition) is 1. The molecule has 0 saturated carbocycles. The summed E-state index contributed by atoms with van der Waals surface area (Å²) in [5.41, 5.74) is 5.86. The maximum atomic E-state index is 13.0. The molecule has 1 aliphatic rings. The molecule has 0 unspecified atom stereocenters. The van der Waals surface area contributed by atoms with Gasteiger partial charge in [0.05, 0.1) is 11.8 Å². The Morgan fingerprint density at radius 1 is 1.48 bits per heavy atom. The van der Waals surface area contributed by atoms with E-state index in [0.29, 0.717) is 5.56 Å². The largest absolute Gasteiger partial charge is 0.394 e. The van der Waals surface area contributed by atoms with Crippen LogP contribution >= 0.6 is 0 Å². The Bertz CT molecular complexity index is 608. The number of rotatable bonds is 2. The molecule has 5 nitrogen and oxygen atoms in total. The van der Waals surface area contributed by atoms with E-state index in [1.54, 1.807) is 13.0 Å². The second-order valence-electron chi connectivity index (χ2n) is 5.01. The van der Waals surface area contributed by atoms with Crippen LogP contribution in [0.25, 0.3) is 0 Å². The first kappa shape index (κ1) is 15.1. The highest BCUT2D eigenvalue weighted by atomic mass is 19.4. The quantitative estimate of drug-likeness (QED) is 0.893. The summed E-state index contributed by atoms with van der Waals surface area (Å²) in [5.74, 6) is -3.86. The molecule has 2 rings (SSSR count). The molecule has 0 spiro atoms. The van der Waals surface area contributed by atoms with Crippen LogP contribution in [0.5, 0.6) is 0 Å². The van der Waals surface area contributed by atoms with E-state index in [9.17, 15) is 18.0 Å². The first-order valence-electron chi connectivity index (χ1n) is 6.22. The number of amides is 1. The zero-order chi connectivity index (χ0) is 15.8. The fourth-order valence-electron chi connectivity index (χ4n) is 2.42. The fourth-order valence-corrected chi connectivity index (χ4v) is 2.42. The standard InChI is InChI=1S/C13H13F3N4O/c1-7-2-3-11(19-10(7)4-17)20-5-8(12(18)21)9(6-20)13(14,15)16/h2-3,8-9H,5-6H2,1H3,(H2,18,21)/t8-,9-/m1/s1. The van der Waals surface area contributed by atoms with E-state index in [2.05, 4.69) is 4.98 Å². The van der Waals surface area contributed by atoms with Crippen molar-refractivity contribution in [1.82, 2.24) is 4.98 Å². The predicted molar refractivity (Wildman–Crippen MR) is 68.1 cm³/mol. The van der Waals surface area contributed by atoms with Gasteiger partial charge in [0.1, 0.15) is 17.6 Å². The van der Waals surface area contributed by atoms with Crippen molar-refractivity contribution in [3.8, 4) is 6.07 Å². The van der Waals surface area contributed by atoms with E-state index >= 15 is 0 Å². The maximum absolute atomic E-state index is 13.0. The van der Waals surface area contributed by atoms with Crippen molar-refractivity contribution in [1.29, 1.82) is 5.26 Å². The zero-order valence-corrected chi connectivity index (χ0v) is 11.2. The highest BCUT2D eigenvalue weighted by molar-refractivity contribution is 5.78. The number of halogens is 3. The van der Waals surface area contributed by atoms with Crippen molar-refractivity contribution in [2.45, 2.75) is 13.1 Å². The lowest BCUT2D eigenvalue weighted by molar-refractivity contribution is -0.181. The van der Waals surface area contributed by atoms with Gasteiger partial charge in [-0.25, -0.2) is 4.98 Å². The molecule has 1 amide bonds. The van der Waals surface area contributed by atoms with Crippen LogP contribution < -0.4 is 10.6 Å². The minimum atomic E-state index is -4.50. The van der Waals surface area contributed by atoms with Crippen molar-refractivity contribution in [3.63, 3.8) is 0 Å². The summed E-state index contributed by atoms with van der Waals surface area (Å²) in [6.45, 7) is 1.14. The molecule has 1 fully saturated rings. The number of nitriles is 1. The predicted octanol–water partition coefficient (Wildman–Crippen LogP) is 1.36. The molecule has 112 valence electrons. The summed E-state index contributed by atoms with van der Waals surface area (Å²) in [6, 6.07) is 5.03. The number of aryl methyl sites for hydroxylation is 1. The molecule has 2 N–H and O–H groups in total. The zero-order valence-electron chi connectivity index (χ0n) is 11.2. The van der Waals surface area contributed by atoms with Gasteiger partial charge in [0.15, 0.2) is 0 Å².